The predicted octanol–water partition coefficient (Wildman–Crippen LogP) is 2.69. The zero-order chi connectivity index (χ0) is 22.1. The Morgan fingerprint density at radius 2 is 2.10 bits per heavy atom. The molecule has 0 radical (unpaired) electrons. The summed E-state index contributed by atoms with van der Waals surface area (Å²) in [7, 11) is 1.46. The largest absolute Gasteiger partial charge is 0.341 e. The van der Waals surface area contributed by atoms with Crippen LogP contribution in [0, 0.1) is 24.1 Å². The fourth-order valence-corrected chi connectivity index (χ4v) is 4.22. The van der Waals surface area contributed by atoms with Crippen LogP contribution in [0.1, 0.15) is 36.0 Å². The molecular weight excluding hydrogens is 412 g/mol. The van der Waals surface area contributed by atoms with Gasteiger partial charge in [0.1, 0.15) is 5.82 Å². The summed E-state index contributed by atoms with van der Waals surface area (Å²) in [5.41, 5.74) is 1.12. The molecule has 1 aliphatic heterocycles. The molecule has 2 fully saturated rings. The van der Waals surface area contributed by atoms with Crippen molar-refractivity contribution in [3.8, 4) is 6.07 Å². The van der Waals surface area contributed by atoms with Crippen LogP contribution in [-0.4, -0.2) is 59.1 Å². The van der Waals surface area contributed by atoms with Crippen LogP contribution < -0.4 is 10.6 Å². The number of nitriles is 1. The molecular formula is C20H25F2N5O2S. The number of benzene rings is 1. The third-order valence-electron chi connectivity index (χ3n) is 5.43. The second-order valence-corrected chi connectivity index (χ2v) is 8.68. The van der Waals surface area contributed by atoms with Crippen LogP contribution in [0.3, 0.4) is 0 Å². The molecule has 0 bridgehead atoms. The van der Waals surface area contributed by atoms with Crippen molar-refractivity contribution in [2.45, 2.75) is 49.8 Å². The van der Waals surface area contributed by atoms with E-state index in [9.17, 15) is 18.4 Å². The molecule has 0 aromatic heterocycles. The number of rotatable bonds is 4. The number of likely N-dealkylation sites (tertiary alicyclic amines) is 1. The quantitative estimate of drug-likeness (QED) is 0.633. The van der Waals surface area contributed by atoms with Gasteiger partial charge in [-0.25, -0.2) is 18.4 Å². The maximum Gasteiger partial charge on any atom is 0.318 e. The number of aryl methyl sites for hydroxylation is 1. The monoisotopic (exact) mass is 437 g/mol. The average molecular weight is 438 g/mol. The number of hydrogen-bond acceptors (Lipinski definition) is 4. The summed E-state index contributed by atoms with van der Waals surface area (Å²) in [6, 6.07) is 3.15. The molecule has 30 heavy (non-hydrogen) atoms. The van der Waals surface area contributed by atoms with E-state index in [1.54, 1.807) is 11.8 Å². The second-order valence-electron chi connectivity index (χ2n) is 7.88. The van der Waals surface area contributed by atoms with E-state index in [2.05, 4.69) is 23.3 Å². The first-order chi connectivity index (χ1) is 14.1. The number of nitrogens with zero attached hydrogens (tertiary/aromatic N) is 3. The zero-order valence-corrected chi connectivity index (χ0v) is 17.8. The number of hydrogen-bond donors (Lipinski definition) is 3. The average Bonchev–Trinajstić information content (AvgIpc) is 3.51. The smallest absolute Gasteiger partial charge is 0.318 e. The first kappa shape index (κ1) is 22.2. The van der Waals surface area contributed by atoms with Gasteiger partial charge in [-0.15, -0.1) is 12.6 Å². The lowest BCUT2D eigenvalue weighted by molar-refractivity contribution is 0.0626. The minimum atomic E-state index is -1.92. The molecule has 1 aromatic carbocycles. The van der Waals surface area contributed by atoms with Gasteiger partial charge in [0.25, 0.3) is 0 Å². The van der Waals surface area contributed by atoms with E-state index in [0.29, 0.717) is 5.56 Å². The van der Waals surface area contributed by atoms with Gasteiger partial charge in [0.2, 0.25) is 0 Å². The van der Waals surface area contributed by atoms with E-state index < -0.39 is 28.9 Å². The van der Waals surface area contributed by atoms with Crippen molar-refractivity contribution < 1.29 is 18.4 Å². The second kappa shape index (κ2) is 8.68. The van der Waals surface area contributed by atoms with Gasteiger partial charge < -0.3 is 20.4 Å². The molecule has 3 rings (SSSR count). The third-order valence-corrected chi connectivity index (χ3v) is 5.75. The molecule has 0 spiro atoms. The van der Waals surface area contributed by atoms with Crippen LogP contribution in [0.4, 0.5) is 18.4 Å². The highest BCUT2D eigenvalue weighted by Gasteiger charge is 2.46. The number of amides is 4. The van der Waals surface area contributed by atoms with Crippen molar-refractivity contribution in [2.24, 2.45) is 0 Å². The van der Waals surface area contributed by atoms with Gasteiger partial charge in [0.15, 0.2) is 5.00 Å². The summed E-state index contributed by atoms with van der Waals surface area (Å²) >= 11 is 4.05. The number of carbonyl (C=O) groups is 2. The first-order valence-electron chi connectivity index (χ1n) is 9.78. The van der Waals surface area contributed by atoms with Crippen molar-refractivity contribution in [3.05, 3.63) is 34.6 Å². The Morgan fingerprint density at radius 1 is 1.40 bits per heavy atom. The molecule has 2 atom stereocenters. The van der Waals surface area contributed by atoms with Crippen LogP contribution in [0.2, 0.25) is 0 Å². The number of carbonyl (C=O) groups excluding carboxylic acids is 2. The first-order valence-corrected chi connectivity index (χ1v) is 10.2. The fraction of sp³-hybridized carbons (Fsp3) is 0.550. The number of nitrogens with one attached hydrogen (secondary N) is 2. The molecule has 4 amide bonds. The van der Waals surface area contributed by atoms with Crippen LogP contribution in [0.15, 0.2) is 12.1 Å². The minimum Gasteiger partial charge on any atom is -0.341 e. The Balaban J connectivity index is 1.73. The summed E-state index contributed by atoms with van der Waals surface area (Å²) in [4.78, 5) is 27.9. The fourth-order valence-electron chi connectivity index (χ4n) is 3.84. The van der Waals surface area contributed by atoms with E-state index in [1.165, 1.54) is 18.0 Å². The van der Waals surface area contributed by atoms with Crippen molar-refractivity contribution >= 4 is 24.7 Å². The highest BCUT2D eigenvalue weighted by atomic mass is 32.1. The van der Waals surface area contributed by atoms with Gasteiger partial charge in [0, 0.05) is 38.2 Å². The topological polar surface area (TPSA) is 88.5 Å². The number of alkyl halides is 1. The normalized spacial score (nSPS) is 23.5. The Kier molecular flexibility index (Phi) is 6.41. The molecule has 2 aliphatic rings. The maximum absolute atomic E-state index is 14.8. The molecule has 1 aromatic rings. The Morgan fingerprint density at radius 3 is 2.70 bits per heavy atom. The van der Waals surface area contributed by atoms with Crippen LogP contribution in [0.25, 0.3) is 0 Å². The predicted molar refractivity (Wildman–Crippen MR) is 110 cm³/mol. The van der Waals surface area contributed by atoms with Gasteiger partial charge in [-0.2, -0.15) is 5.26 Å². The van der Waals surface area contributed by atoms with Crippen LogP contribution in [0.5, 0.6) is 0 Å². The highest BCUT2D eigenvalue weighted by molar-refractivity contribution is 7.81. The molecule has 7 nitrogen and oxygen atoms in total. The van der Waals surface area contributed by atoms with Crippen molar-refractivity contribution in [1.82, 2.24) is 20.4 Å². The molecule has 10 heteroatoms. The standard InChI is InChI=1S/C20H25F2N5O2S/c1-12-5-14(17(21)6-13(12)8-23)9-25-19(29)27(15-3-4-15)16-7-20(22,30)11-26(10-16)18(28)24-2/h5-6,15-16,30H,3-4,7,9-11H2,1-2H3,(H,24,28)(H,25,29)/t16-,20+/m1/s1. The maximum atomic E-state index is 14.8. The summed E-state index contributed by atoms with van der Waals surface area (Å²) in [5.74, 6) is -0.572. The summed E-state index contributed by atoms with van der Waals surface area (Å²) < 4.78 is 29.1. The van der Waals surface area contributed by atoms with Crippen molar-refractivity contribution in [1.29, 1.82) is 5.26 Å². The molecule has 1 heterocycles. The van der Waals surface area contributed by atoms with E-state index in [-0.39, 0.29) is 43.2 Å². The summed E-state index contributed by atoms with van der Waals surface area (Å²) in [6.45, 7) is 1.67. The van der Waals surface area contributed by atoms with E-state index in [0.717, 1.165) is 18.9 Å². The van der Waals surface area contributed by atoms with Crippen molar-refractivity contribution in [3.63, 3.8) is 0 Å². The lowest BCUT2D eigenvalue weighted by Gasteiger charge is -2.43. The number of piperidine rings is 1. The number of urea groups is 2. The summed E-state index contributed by atoms with van der Waals surface area (Å²) in [5, 5.41) is 12.3. The van der Waals surface area contributed by atoms with Crippen LogP contribution >= 0.6 is 12.6 Å². The van der Waals surface area contributed by atoms with Gasteiger partial charge in [-0.1, -0.05) is 6.07 Å². The van der Waals surface area contributed by atoms with Crippen molar-refractivity contribution in [2.75, 3.05) is 20.1 Å². The lowest BCUT2D eigenvalue weighted by atomic mass is 10.0. The zero-order valence-electron chi connectivity index (χ0n) is 16.9. The molecule has 1 saturated carbocycles. The van der Waals surface area contributed by atoms with Gasteiger partial charge in [0.05, 0.1) is 24.2 Å². The van der Waals surface area contributed by atoms with E-state index in [4.69, 9.17) is 5.26 Å². The third kappa shape index (κ3) is 4.95. The molecule has 1 saturated heterocycles. The Labute approximate surface area is 179 Å². The van der Waals surface area contributed by atoms with E-state index >= 15 is 0 Å². The molecule has 2 N–H and O–H groups in total. The minimum absolute atomic E-state index is 0.00212. The van der Waals surface area contributed by atoms with Gasteiger partial charge in [-0.05, 0) is 31.4 Å². The lowest BCUT2D eigenvalue weighted by Crippen LogP contribution is -2.60. The molecule has 0 unspecified atom stereocenters. The SMILES string of the molecule is CNC(=O)N1C[C@H](N(C(=O)NCc2cc(C)c(C#N)cc2F)C2CC2)C[C@](F)(S)C1. The molecule has 1 aliphatic carbocycles. The van der Waals surface area contributed by atoms with Gasteiger partial charge in [-0.3, -0.25) is 0 Å². The number of halogens is 2. The van der Waals surface area contributed by atoms with E-state index in [1.807, 2.05) is 6.07 Å². The van der Waals surface area contributed by atoms with Crippen LogP contribution in [-0.2, 0) is 6.54 Å². The highest BCUT2D eigenvalue weighted by Crippen LogP contribution is 2.36. The Hall–Kier alpha value is -2.54. The van der Waals surface area contributed by atoms with Gasteiger partial charge >= 0.3 is 12.1 Å². The number of thiol groups is 1. The Bertz CT molecular complexity index is 885. The molecule has 162 valence electrons. The summed E-state index contributed by atoms with van der Waals surface area (Å²) in [6.07, 6.45) is 1.58.